The van der Waals surface area contributed by atoms with Gasteiger partial charge in [0, 0.05) is 19.1 Å². The number of hydrogen-bond donors (Lipinski definition) is 1. The molecule has 110 valence electrons. The number of benzene rings is 1. The predicted octanol–water partition coefficient (Wildman–Crippen LogP) is 2.36. The summed E-state index contributed by atoms with van der Waals surface area (Å²) >= 11 is 0. The van der Waals surface area contributed by atoms with E-state index in [1.54, 1.807) is 18.2 Å². The number of amides is 1. The quantitative estimate of drug-likeness (QED) is 0.866. The highest BCUT2D eigenvalue weighted by molar-refractivity contribution is 5.78. The van der Waals surface area contributed by atoms with Crippen LogP contribution in [-0.4, -0.2) is 36.5 Å². The molecule has 1 atom stereocenters. The zero-order valence-electron chi connectivity index (χ0n) is 12.1. The standard InChI is InChI=1S/C16H23FN2O/c1-2-10-19(12-14-7-5-9-18-14)16(20)11-13-6-3-4-8-15(13)17/h3-4,6,8,14,18H,2,5,7,9-12H2,1H3. The lowest BCUT2D eigenvalue weighted by Gasteiger charge is -2.25. The molecule has 1 aliphatic rings. The van der Waals surface area contributed by atoms with E-state index in [9.17, 15) is 9.18 Å². The number of nitrogens with zero attached hydrogens (tertiary/aromatic N) is 1. The zero-order valence-corrected chi connectivity index (χ0v) is 12.1. The third-order valence-corrected chi connectivity index (χ3v) is 3.75. The Hall–Kier alpha value is -1.42. The van der Waals surface area contributed by atoms with Gasteiger partial charge in [-0.2, -0.15) is 0 Å². The van der Waals surface area contributed by atoms with Gasteiger partial charge in [-0.15, -0.1) is 0 Å². The summed E-state index contributed by atoms with van der Waals surface area (Å²) in [6, 6.07) is 6.91. The Balaban J connectivity index is 1.97. The summed E-state index contributed by atoms with van der Waals surface area (Å²) in [6.07, 6.45) is 3.37. The van der Waals surface area contributed by atoms with E-state index in [4.69, 9.17) is 0 Å². The molecule has 1 aliphatic heterocycles. The van der Waals surface area contributed by atoms with E-state index in [0.717, 1.165) is 32.5 Å². The van der Waals surface area contributed by atoms with Crippen molar-refractivity contribution in [2.75, 3.05) is 19.6 Å². The number of carbonyl (C=O) groups excluding carboxylic acids is 1. The van der Waals surface area contributed by atoms with Crippen LogP contribution in [0.4, 0.5) is 4.39 Å². The van der Waals surface area contributed by atoms with Crippen molar-refractivity contribution in [3.63, 3.8) is 0 Å². The van der Waals surface area contributed by atoms with Crippen molar-refractivity contribution >= 4 is 5.91 Å². The van der Waals surface area contributed by atoms with Crippen LogP contribution in [0.5, 0.6) is 0 Å². The monoisotopic (exact) mass is 278 g/mol. The number of hydrogen-bond acceptors (Lipinski definition) is 2. The van der Waals surface area contributed by atoms with Crippen LogP contribution in [0.15, 0.2) is 24.3 Å². The molecular formula is C16H23FN2O. The van der Waals surface area contributed by atoms with Crippen LogP contribution in [0.3, 0.4) is 0 Å². The van der Waals surface area contributed by atoms with E-state index in [-0.39, 0.29) is 18.1 Å². The molecule has 0 aliphatic carbocycles. The van der Waals surface area contributed by atoms with E-state index in [1.807, 2.05) is 4.90 Å². The molecule has 0 aromatic heterocycles. The largest absolute Gasteiger partial charge is 0.341 e. The fourth-order valence-electron chi connectivity index (χ4n) is 2.68. The Bertz CT molecular complexity index is 444. The van der Waals surface area contributed by atoms with Crippen LogP contribution in [0.25, 0.3) is 0 Å². The molecule has 1 fully saturated rings. The maximum atomic E-state index is 13.6. The first-order valence-corrected chi connectivity index (χ1v) is 7.45. The molecule has 0 radical (unpaired) electrons. The third-order valence-electron chi connectivity index (χ3n) is 3.75. The van der Waals surface area contributed by atoms with Crippen LogP contribution in [0.2, 0.25) is 0 Å². The van der Waals surface area contributed by atoms with Gasteiger partial charge in [-0.3, -0.25) is 4.79 Å². The van der Waals surface area contributed by atoms with Crippen molar-refractivity contribution in [1.29, 1.82) is 0 Å². The predicted molar refractivity (Wildman–Crippen MR) is 78.0 cm³/mol. The van der Waals surface area contributed by atoms with Gasteiger partial charge >= 0.3 is 0 Å². The van der Waals surface area contributed by atoms with Gasteiger partial charge in [-0.05, 0) is 37.4 Å². The molecule has 20 heavy (non-hydrogen) atoms. The maximum Gasteiger partial charge on any atom is 0.227 e. The molecule has 0 bridgehead atoms. The highest BCUT2D eigenvalue weighted by atomic mass is 19.1. The highest BCUT2D eigenvalue weighted by Gasteiger charge is 2.21. The van der Waals surface area contributed by atoms with E-state index in [1.165, 1.54) is 12.5 Å². The Labute approximate surface area is 120 Å². The van der Waals surface area contributed by atoms with Crippen LogP contribution in [0.1, 0.15) is 31.7 Å². The second-order valence-corrected chi connectivity index (χ2v) is 5.40. The van der Waals surface area contributed by atoms with Crippen LogP contribution < -0.4 is 5.32 Å². The van der Waals surface area contributed by atoms with Crippen molar-refractivity contribution in [1.82, 2.24) is 10.2 Å². The summed E-state index contributed by atoms with van der Waals surface area (Å²) in [4.78, 5) is 14.2. The SMILES string of the molecule is CCCN(CC1CCCN1)C(=O)Cc1ccccc1F. The molecule has 1 aromatic rings. The van der Waals surface area contributed by atoms with Crippen LogP contribution in [0, 0.1) is 5.82 Å². The first kappa shape index (κ1) is 15.0. The van der Waals surface area contributed by atoms with Gasteiger partial charge in [-0.1, -0.05) is 25.1 Å². The minimum atomic E-state index is -0.295. The molecule has 1 heterocycles. The van der Waals surface area contributed by atoms with Crippen molar-refractivity contribution in [3.05, 3.63) is 35.6 Å². The van der Waals surface area contributed by atoms with E-state index in [0.29, 0.717) is 11.6 Å². The minimum absolute atomic E-state index is 0.0191. The topological polar surface area (TPSA) is 32.3 Å². The second kappa shape index (κ2) is 7.39. The van der Waals surface area contributed by atoms with E-state index >= 15 is 0 Å². The lowest BCUT2D eigenvalue weighted by atomic mass is 10.1. The summed E-state index contributed by atoms with van der Waals surface area (Å²) in [6.45, 7) is 4.57. The van der Waals surface area contributed by atoms with Gasteiger partial charge < -0.3 is 10.2 Å². The van der Waals surface area contributed by atoms with Crippen molar-refractivity contribution in [2.24, 2.45) is 0 Å². The van der Waals surface area contributed by atoms with Gasteiger partial charge in [-0.25, -0.2) is 4.39 Å². The van der Waals surface area contributed by atoms with E-state index in [2.05, 4.69) is 12.2 Å². The lowest BCUT2D eigenvalue weighted by Crippen LogP contribution is -2.42. The average molecular weight is 278 g/mol. The van der Waals surface area contributed by atoms with E-state index < -0.39 is 0 Å². The molecular weight excluding hydrogens is 255 g/mol. The molecule has 0 saturated carbocycles. The third kappa shape index (κ3) is 4.04. The first-order valence-electron chi connectivity index (χ1n) is 7.45. The van der Waals surface area contributed by atoms with Crippen molar-refractivity contribution < 1.29 is 9.18 Å². The van der Waals surface area contributed by atoms with Gasteiger partial charge in [0.25, 0.3) is 0 Å². The summed E-state index contributed by atoms with van der Waals surface area (Å²) in [5.41, 5.74) is 0.484. The summed E-state index contributed by atoms with van der Waals surface area (Å²) in [7, 11) is 0. The number of rotatable bonds is 6. The molecule has 1 aromatic carbocycles. The first-order chi connectivity index (χ1) is 9.70. The Morgan fingerprint density at radius 1 is 1.45 bits per heavy atom. The van der Waals surface area contributed by atoms with Gasteiger partial charge in [0.05, 0.1) is 6.42 Å². The minimum Gasteiger partial charge on any atom is -0.341 e. The second-order valence-electron chi connectivity index (χ2n) is 5.40. The molecule has 1 saturated heterocycles. The Morgan fingerprint density at radius 2 is 2.25 bits per heavy atom. The molecule has 1 amide bonds. The van der Waals surface area contributed by atoms with Gasteiger partial charge in [0.15, 0.2) is 0 Å². The lowest BCUT2D eigenvalue weighted by molar-refractivity contribution is -0.130. The molecule has 1 N–H and O–H groups in total. The van der Waals surface area contributed by atoms with Crippen molar-refractivity contribution in [2.45, 2.75) is 38.6 Å². The number of nitrogens with one attached hydrogen (secondary N) is 1. The number of carbonyl (C=O) groups is 1. The molecule has 3 nitrogen and oxygen atoms in total. The Morgan fingerprint density at radius 3 is 2.90 bits per heavy atom. The molecule has 2 rings (SSSR count). The summed E-state index contributed by atoms with van der Waals surface area (Å²) < 4.78 is 13.6. The maximum absolute atomic E-state index is 13.6. The number of halogens is 1. The molecule has 1 unspecified atom stereocenters. The van der Waals surface area contributed by atoms with Crippen molar-refractivity contribution in [3.8, 4) is 0 Å². The van der Waals surface area contributed by atoms with Crippen LogP contribution >= 0.6 is 0 Å². The average Bonchev–Trinajstić information content (AvgIpc) is 2.94. The molecule has 0 spiro atoms. The van der Waals surface area contributed by atoms with Gasteiger partial charge in [0.2, 0.25) is 5.91 Å². The summed E-state index contributed by atoms with van der Waals surface area (Å²) in [5, 5.41) is 3.41. The molecule has 4 heteroatoms. The smallest absolute Gasteiger partial charge is 0.227 e. The van der Waals surface area contributed by atoms with Gasteiger partial charge in [0.1, 0.15) is 5.82 Å². The fourth-order valence-corrected chi connectivity index (χ4v) is 2.68. The summed E-state index contributed by atoms with van der Waals surface area (Å²) in [5.74, 6) is -0.276. The van der Waals surface area contributed by atoms with Crippen LogP contribution in [-0.2, 0) is 11.2 Å². The normalized spacial score (nSPS) is 18.2. The Kier molecular flexibility index (Phi) is 5.53. The highest BCUT2D eigenvalue weighted by Crippen LogP contribution is 2.12. The zero-order chi connectivity index (χ0) is 14.4. The fraction of sp³-hybridized carbons (Fsp3) is 0.562.